The van der Waals surface area contributed by atoms with Gasteiger partial charge in [-0.25, -0.2) is 0 Å². The number of benzene rings is 1. The summed E-state index contributed by atoms with van der Waals surface area (Å²) < 4.78 is 16.7. The van der Waals surface area contributed by atoms with Crippen molar-refractivity contribution in [3.8, 4) is 5.75 Å². The number of hydrogen-bond donors (Lipinski definition) is 1. The SMILES string of the molecule is COc1ccccc1CN(CC1CCCO1)C(=O)CC1COCCN1.Cl. The fraction of sp³-hybridized carbons (Fsp3) is 0.632. The maximum atomic E-state index is 12.9. The number of nitrogens with zero attached hydrogens (tertiary/aromatic N) is 1. The van der Waals surface area contributed by atoms with Gasteiger partial charge in [-0.1, -0.05) is 18.2 Å². The van der Waals surface area contributed by atoms with Crippen LogP contribution in [-0.2, 0) is 20.8 Å². The minimum atomic E-state index is 0. The molecule has 1 aromatic carbocycles. The third-order valence-electron chi connectivity index (χ3n) is 4.77. The summed E-state index contributed by atoms with van der Waals surface area (Å²) in [5, 5.41) is 3.36. The van der Waals surface area contributed by atoms with Crippen LogP contribution < -0.4 is 10.1 Å². The molecule has 0 radical (unpaired) electrons. The third kappa shape index (κ3) is 5.84. The van der Waals surface area contributed by atoms with Gasteiger partial charge in [0.1, 0.15) is 5.75 Å². The summed E-state index contributed by atoms with van der Waals surface area (Å²) in [4.78, 5) is 14.8. The summed E-state index contributed by atoms with van der Waals surface area (Å²) in [5.74, 6) is 0.941. The molecule has 1 N–H and O–H groups in total. The van der Waals surface area contributed by atoms with Crippen molar-refractivity contribution in [3.05, 3.63) is 29.8 Å². The number of ether oxygens (including phenoxy) is 3. The van der Waals surface area contributed by atoms with Crippen molar-refractivity contribution in [1.82, 2.24) is 10.2 Å². The Morgan fingerprint density at radius 1 is 1.35 bits per heavy atom. The maximum absolute atomic E-state index is 12.9. The van der Waals surface area contributed by atoms with Gasteiger partial charge < -0.3 is 24.4 Å². The highest BCUT2D eigenvalue weighted by Crippen LogP contribution is 2.22. The van der Waals surface area contributed by atoms with Gasteiger partial charge in [0.2, 0.25) is 5.91 Å². The number of carbonyl (C=O) groups is 1. The van der Waals surface area contributed by atoms with Gasteiger partial charge in [-0.15, -0.1) is 12.4 Å². The van der Waals surface area contributed by atoms with Crippen LogP contribution in [-0.4, -0.2) is 63.0 Å². The van der Waals surface area contributed by atoms with E-state index in [0.717, 1.165) is 37.3 Å². The van der Waals surface area contributed by atoms with Crippen LogP contribution in [0.3, 0.4) is 0 Å². The van der Waals surface area contributed by atoms with Crippen LogP contribution in [0.5, 0.6) is 5.75 Å². The predicted molar refractivity (Wildman–Crippen MR) is 102 cm³/mol. The largest absolute Gasteiger partial charge is 0.496 e. The molecule has 0 aliphatic carbocycles. The standard InChI is InChI=1S/C19H28N2O4.ClH/c1-23-18-7-3-2-5-15(18)12-21(13-17-6-4-9-25-17)19(22)11-16-14-24-10-8-20-16;/h2-3,5,7,16-17,20H,4,6,8-14H2,1H3;1H. The molecule has 6 nitrogen and oxygen atoms in total. The van der Waals surface area contributed by atoms with Crippen LogP contribution >= 0.6 is 12.4 Å². The Morgan fingerprint density at radius 3 is 2.88 bits per heavy atom. The number of carbonyl (C=O) groups excluding carboxylic acids is 1. The summed E-state index contributed by atoms with van der Waals surface area (Å²) in [6, 6.07) is 7.95. The average Bonchev–Trinajstić information content (AvgIpc) is 3.15. The molecule has 0 bridgehead atoms. The summed E-state index contributed by atoms with van der Waals surface area (Å²) in [6.45, 7) is 4.07. The molecular weight excluding hydrogens is 356 g/mol. The summed E-state index contributed by atoms with van der Waals surface area (Å²) in [7, 11) is 1.66. The van der Waals surface area contributed by atoms with E-state index in [1.54, 1.807) is 7.11 Å². The van der Waals surface area contributed by atoms with E-state index in [1.165, 1.54) is 0 Å². The molecule has 1 aromatic rings. The van der Waals surface area contributed by atoms with Crippen LogP contribution in [0.25, 0.3) is 0 Å². The Labute approximate surface area is 161 Å². The van der Waals surface area contributed by atoms with Crippen molar-refractivity contribution >= 4 is 18.3 Å². The number of nitrogens with one attached hydrogen (secondary N) is 1. The molecule has 7 heteroatoms. The van der Waals surface area contributed by atoms with Crippen LogP contribution in [0.15, 0.2) is 24.3 Å². The molecule has 26 heavy (non-hydrogen) atoms. The normalized spacial score (nSPS) is 22.5. The van der Waals surface area contributed by atoms with E-state index in [4.69, 9.17) is 14.2 Å². The molecule has 2 atom stereocenters. The van der Waals surface area contributed by atoms with Gasteiger partial charge >= 0.3 is 0 Å². The summed E-state index contributed by atoms with van der Waals surface area (Å²) >= 11 is 0. The minimum absolute atomic E-state index is 0. The van der Waals surface area contributed by atoms with E-state index < -0.39 is 0 Å². The molecule has 3 rings (SSSR count). The zero-order valence-corrected chi connectivity index (χ0v) is 16.1. The molecule has 0 aromatic heterocycles. The van der Waals surface area contributed by atoms with Crippen LogP contribution in [0.4, 0.5) is 0 Å². The highest BCUT2D eigenvalue weighted by Gasteiger charge is 2.26. The van der Waals surface area contributed by atoms with Crippen molar-refractivity contribution in [2.75, 3.05) is 40.0 Å². The molecule has 0 saturated carbocycles. The first-order valence-corrected chi connectivity index (χ1v) is 9.08. The lowest BCUT2D eigenvalue weighted by Gasteiger charge is -2.29. The van der Waals surface area contributed by atoms with Crippen LogP contribution in [0.1, 0.15) is 24.8 Å². The lowest BCUT2D eigenvalue weighted by atomic mass is 10.1. The zero-order chi connectivity index (χ0) is 17.5. The Morgan fingerprint density at radius 2 is 2.19 bits per heavy atom. The lowest BCUT2D eigenvalue weighted by Crippen LogP contribution is -2.46. The fourth-order valence-electron chi connectivity index (χ4n) is 3.42. The number of para-hydroxylation sites is 1. The van der Waals surface area contributed by atoms with Gasteiger partial charge in [-0.2, -0.15) is 0 Å². The number of rotatable bonds is 7. The molecule has 146 valence electrons. The number of amides is 1. The first kappa shape index (κ1) is 21.0. The Kier molecular flexibility index (Phi) is 8.65. The molecule has 2 heterocycles. The average molecular weight is 385 g/mol. The first-order valence-electron chi connectivity index (χ1n) is 9.08. The number of methoxy groups -OCH3 is 1. The fourth-order valence-corrected chi connectivity index (χ4v) is 3.42. The summed E-state index contributed by atoms with van der Waals surface area (Å²) in [6.07, 6.45) is 2.66. The Bertz CT molecular complexity index is 560. The van der Waals surface area contributed by atoms with E-state index in [9.17, 15) is 4.79 Å². The van der Waals surface area contributed by atoms with Gasteiger partial charge in [0.25, 0.3) is 0 Å². The third-order valence-corrected chi connectivity index (χ3v) is 4.77. The molecule has 2 aliphatic heterocycles. The second-order valence-corrected chi connectivity index (χ2v) is 6.65. The first-order chi connectivity index (χ1) is 12.3. The Hall–Kier alpha value is -1.34. The van der Waals surface area contributed by atoms with Crippen LogP contribution in [0.2, 0.25) is 0 Å². The van der Waals surface area contributed by atoms with Gasteiger partial charge in [0.15, 0.2) is 0 Å². The number of hydrogen-bond acceptors (Lipinski definition) is 5. The molecule has 2 fully saturated rings. The van der Waals surface area contributed by atoms with Crippen molar-refractivity contribution in [2.45, 2.75) is 38.0 Å². The molecule has 0 spiro atoms. The van der Waals surface area contributed by atoms with E-state index in [-0.39, 0.29) is 30.5 Å². The quantitative estimate of drug-likeness (QED) is 0.779. The van der Waals surface area contributed by atoms with Crippen molar-refractivity contribution in [3.63, 3.8) is 0 Å². The number of morpholine rings is 1. The smallest absolute Gasteiger partial charge is 0.224 e. The Balaban J connectivity index is 0.00000243. The predicted octanol–water partition coefficient (Wildman–Crippen LogP) is 2.00. The van der Waals surface area contributed by atoms with Gasteiger partial charge in [-0.05, 0) is 18.9 Å². The number of halogens is 1. The van der Waals surface area contributed by atoms with E-state index in [0.29, 0.717) is 32.7 Å². The lowest BCUT2D eigenvalue weighted by molar-refractivity contribution is -0.134. The van der Waals surface area contributed by atoms with Crippen molar-refractivity contribution < 1.29 is 19.0 Å². The summed E-state index contributed by atoms with van der Waals surface area (Å²) in [5.41, 5.74) is 1.02. The highest BCUT2D eigenvalue weighted by molar-refractivity contribution is 5.85. The van der Waals surface area contributed by atoms with Crippen molar-refractivity contribution in [2.24, 2.45) is 0 Å². The van der Waals surface area contributed by atoms with E-state index >= 15 is 0 Å². The van der Waals surface area contributed by atoms with E-state index in [1.807, 2.05) is 29.2 Å². The molecule has 2 saturated heterocycles. The van der Waals surface area contributed by atoms with Gasteiger partial charge in [0.05, 0.1) is 26.4 Å². The van der Waals surface area contributed by atoms with E-state index in [2.05, 4.69) is 5.32 Å². The second kappa shape index (κ2) is 10.7. The second-order valence-electron chi connectivity index (χ2n) is 6.65. The molecule has 1 amide bonds. The molecule has 2 aliphatic rings. The minimum Gasteiger partial charge on any atom is -0.496 e. The monoisotopic (exact) mass is 384 g/mol. The maximum Gasteiger partial charge on any atom is 0.224 e. The molecule has 2 unspecified atom stereocenters. The topological polar surface area (TPSA) is 60.0 Å². The van der Waals surface area contributed by atoms with Gasteiger partial charge in [-0.3, -0.25) is 4.79 Å². The molecular formula is C19H29ClN2O4. The van der Waals surface area contributed by atoms with Crippen molar-refractivity contribution in [1.29, 1.82) is 0 Å². The highest BCUT2D eigenvalue weighted by atomic mass is 35.5. The van der Waals surface area contributed by atoms with Gasteiger partial charge in [0, 0.05) is 44.3 Å². The van der Waals surface area contributed by atoms with Crippen LogP contribution in [0, 0.1) is 0 Å². The zero-order valence-electron chi connectivity index (χ0n) is 15.3.